The number of rotatable bonds is 4. The number of nitrogens with zero attached hydrogens (tertiary/aromatic N) is 2. The molecule has 0 aliphatic carbocycles. The van der Waals surface area contributed by atoms with E-state index in [-0.39, 0.29) is 17.8 Å². The topological polar surface area (TPSA) is 54.9 Å². The fourth-order valence-electron chi connectivity index (χ4n) is 3.32. The average molecular weight is 412 g/mol. The summed E-state index contributed by atoms with van der Waals surface area (Å²) in [5, 5.41) is 6.02. The van der Waals surface area contributed by atoms with Gasteiger partial charge in [-0.15, -0.1) is 22.7 Å². The first-order valence-corrected chi connectivity index (χ1v) is 10.5. The number of nitrogens with one attached hydrogen (secondary N) is 1. The van der Waals surface area contributed by atoms with E-state index in [4.69, 9.17) is 0 Å². The molecule has 7 heteroatoms. The predicted octanol–water partition coefficient (Wildman–Crippen LogP) is 5.34. The van der Waals surface area contributed by atoms with Crippen molar-refractivity contribution >= 4 is 38.8 Å². The van der Waals surface area contributed by atoms with Crippen LogP contribution in [0.5, 0.6) is 0 Å². The Balaban J connectivity index is 1.72. The first kappa shape index (κ1) is 18.7. The highest BCUT2D eigenvalue weighted by Crippen LogP contribution is 2.33. The first-order valence-electron chi connectivity index (χ1n) is 8.78. The Kier molecular flexibility index (Phi) is 4.95. The quantitative estimate of drug-likeness (QED) is 0.493. The standard InChI is InChI=1S/C21H18FN3OS2/c1-11-17-12(2)23-13(3)24-21(17)28-19(11)20(26)25-18(16-5-4-10-27-16)14-6-8-15(22)9-7-14/h4-10,18H,1-3H3,(H,25,26). The van der Waals surface area contributed by atoms with Crippen LogP contribution >= 0.6 is 22.7 Å². The van der Waals surface area contributed by atoms with Gasteiger partial charge in [0.15, 0.2) is 0 Å². The maximum absolute atomic E-state index is 13.4. The van der Waals surface area contributed by atoms with Crippen LogP contribution in [0.2, 0.25) is 0 Å². The summed E-state index contributed by atoms with van der Waals surface area (Å²) >= 11 is 2.93. The van der Waals surface area contributed by atoms with Gasteiger partial charge in [0.2, 0.25) is 0 Å². The number of carbonyl (C=O) groups is 1. The van der Waals surface area contributed by atoms with Gasteiger partial charge in [-0.1, -0.05) is 18.2 Å². The highest BCUT2D eigenvalue weighted by Gasteiger charge is 2.23. The molecule has 1 aromatic carbocycles. The largest absolute Gasteiger partial charge is 0.340 e. The molecule has 0 radical (unpaired) electrons. The van der Waals surface area contributed by atoms with Gasteiger partial charge in [-0.3, -0.25) is 4.79 Å². The van der Waals surface area contributed by atoms with Gasteiger partial charge in [-0.25, -0.2) is 14.4 Å². The van der Waals surface area contributed by atoms with Crippen LogP contribution in [-0.4, -0.2) is 15.9 Å². The van der Waals surface area contributed by atoms with E-state index in [0.29, 0.717) is 10.7 Å². The summed E-state index contributed by atoms with van der Waals surface area (Å²) in [5.74, 6) is 0.228. The average Bonchev–Trinajstić information content (AvgIpc) is 3.28. The molecule has 0 saturated heterocycles. The van der Waals surface area contributed by atoms with Crippen molar-refractivity contribution < 1.29 is 9.18 Å². The van der Waals surface area contributed by atoms with Gasteiger partial charge in [0.1, 0.15) is 16.5 Å². The van der Waals surface area contributed by atoms with Gasteiger partial charge < -0.3 is 5.32 Å². The van der Waals surface area contributed by atoms with Gasteiger partial charge >= 0.3 is 0 Å². The van der Waals surface area contributed by atoms with E-state index in [2.05, 4.69) is 15.3 Å². The third kappa shape index (κ3) is 3.43. The predicted molar refractivity (Wildman–Crippen MR) is 112 cm³/mol. The minimum atomic E-state index is -0.341. The van der Waals surface area contributed by atoms with Crippen LogP contribution in [0.4, 0.5) is 4.39 Å². The fraction of sp³-hybridized carbons (Fsp3) is 0.190. The fourth-order valence-corrected chi connectivity index (χ4v) is 5.30. The molecule has 1 N–H and O–H groups in total. The highest BCUT2D eigenvalue weighted by molar-refractivity contribution is 7.20. The lowest BCUT2D eigenvalue weighted by Gasteiger charge is -2.18. The number of hydrogen-bond acceptors (Lipinski definition) is 5. The van der Waals surface area contributed by atoms with Gasteiger partial charge in [0, 0.05) is 16.0 Å². The number of thiophene rings is 2. The first-order chi connectivity index (χ1) is 13.4. The lowest BCUT2D eigenvalue weighted by Crippen LogP contribution is -2.28. The molecule has 1 unspecified atom stereocenters. The monoisotopic (exact) mass is 411 g/mol. The lowest BCUT2D eigenvalue weighted by molar-refractivity contribution is 0.0947. The van der Waals surface area contributed by atoms with Crippen molar-refractivity contribution in [3.05, 3.63) is 80.0 Å². The zero-order valence-corrected chi connectivity index (χ0v) is 17.2. The Morgan fingerprint density at radius 3 is 2.54 bits per heavy atom. The molecular formula is C21H18FN3OS2. The van der Waals surface area contributed by atoms with Gasteiger partial charge in [0.05, 0.1) is 10.9 Å². The van der Waals surface area contributed by atoms with Crippen molar-refractivity contribution in [1.82, 2.24) is 15.3 Å². The third-order valence-electron chi connectivity index (χ3n) is 4.60. The number of fused-ring (bicyclic) bond motifs is 1. The molecule has 4 rings (SSSR count). The highest BCUT2D eigenvalue weighted by atomic mass is 32.1. The molecule has 4 aromatic rings. The van der Waals surface area contributed by atoms with Gasteiger partial charge in [0.25, 0.3) is 5.91 Å². The minimum Gasteiger partial charge on any atom is -0.340 e. The molecule has 0 bridgehead atoms. The van der Waals surface area contributed by atoms with E-state index in [1.807, 2.05) is 38.3 Å². The molecule has 28 heavy (non-hydrogen) atoms. The normalized spacial score (nSPS) is 12.3. The van der Waals surface area contributed by atoms with Crippen LogP contribution in [0.25, 0.3) is 10.2 Å². The van der Waals surface area contributed by atoms with Gasteiger partial charge in [-0.2, -0.15) is 0 Å². The second-order valence-corrected chi connectivity index (χ2v) is 8.54. The molecule has 3 aromatic heterocycles. The molecule has 0 saturated carbocycles. The summed E-state index contributed by atoms with van der Waals surface area (Å²) in [6.07, 6.45) is 0. The van der Waals surface area contributed by atoms with Crippen molar-refractivity contribution in [1.29, 1.82) is 0 Å². The van der Waals surface area contributed by atoms with Crippen LogP contribution in [-0.2, 0) is 0 Å². The van der Waals surface area contributed by atoms with Crippen molar-refractivity contribution in [3.63, 3.8) is 0 Å². The zero-order valence-electron chi connectivity index (χ0n) is 15.6. The second kappa shape index (κ2) is 7.41. The van der Waals surface area contributed by atoms with Crippen LogP contribution in [0.3, 0.4) is 0 Å². The number of carbonyl (C=O) groups excluding carboxylic acids is 1. The molecule has 3 heterocycles. The Bertz CT molecular complexity index is 1150. The number of aryl methyl sites for hydroxylation is 3. The van der Waals surface area contributed by atoms with Crippen molar-refractivity contribution in [2.24, 2.45) is 0 Å². The summed E-state index contributed by atoms with van der Waals surface area (Å²) in [6.45, 7) is 5.71. The smallest absolute Gasteiger partial charge is 0.262 e. The lowest BCUT2D eigenvalue weighted by atomic mass is 10.0. The number of aromatic nitrogens is 2. The van der Waals surface area contributed by atoms with E-state index in [1.165, 1.54) is 23.5 Å². The number of benzene rings is 1. The summed E-state index contributed by atoms with van der Waals surface area (Å²) in [5.41, 5.74) is 2.60. The zero-order chi connectivity index (χ0) is 19.8. The number of amides is 1. The Hall–Kier alpha value is -2.64. The molecule has 142 valence electrons. The van der Waals surface area contributed by atoms with E-state index in [9.17, 15) is 9.18 Å². The molecule has 1 amide bonds. The molecule has 0 aliphatic rings. The van der Waals surface area contributed by atoms with Crippen LogP contribution < -0.4 is 5.32 Å². The van der Waals surface area contributed by atoms with Crippen LogP contribution in [0, 0.1) is 26.6 Å². The van der Waals surface area contributed by atoms with E-state index in [1.54, 1.807) is 23.5 Å². The molecule has 0 aliphatic heterocycles. The van der Waals surface area contributed by atoms with Crippen molar-refractivity contribution in [2.75, 3.05) is 0 Å². The summed E-state index contributed by atoms with van der Waals surface area (Å²) in [6, 6.07) is 9.80. The molecule has 0 spiro atoms. The Morgan fingerprint density at radius 2 is 1.86 bits per heavy atom. The van der Waals surface area contributed by atoms with Gasteiger partial charge in [-0.05, 0) is 55.5 Å². The second-order valence-electron chi connectivity index (χ2n) is 6.57. The maximum atomic E-state index is 13.4. The van der Waals surface area contributed by atoms with E-state index >= 15 is 0 Å². The molecular weight excluding hydrogens is 393 g/mol. The van der Waals surface area contributed by atoms with E-state index in [0.717, 1.165) is 31.9 Å². The minimum absolute atomic E-state index is 0.166. The summed E-state index contributed by atoms with van der Waals surface area (Å²) in [4.78, 5) is 24.5. The summed E-state index contributed by atoms with van der Waals surface area (Å²) in [7, 11) is 0. The molecule has 4 nitrogen and oxygen atoms in total. The number of hydrogen-bond donors (Lipinski definition) is 1. The molecule has 1 atom stereocenters. The summed E-state index contributed by atoms with van der Waals surface area (Å²) < 4.78 is 13.4. The number of halogens is 1. The third-order valence-corrected chi connectivity index (χ3v) is 6.72. The van der Waals surface area contributed by atoms with Crippen molar-refractivity contribution in [2.45, 2.75) is 26.8 Å². The van der Waals surface area contributed by atoms with Crippen molar-refractivity contribution in [3.8, 4) is 0 Å². The molecule has 0 fully saturated rings. The van der Waals surface area contributed by atoms with E-state index < -0.39 is 0 Å². The van der Waals surface area contributed by atoms with Crippen LogP contribution in [0.1, 0.15) is 43.2 Å². The maximum Gasteiger partial charge on any atom is 0.262 e. The Labute approximate surface area is 170 Å². The Morgan fingerprint density at radius 1 is 1.11 bits per heavy atom. The SMILES string of the molecule is Cc1nc(C)c2c(C)c(C(=O)NC(c3ccc(F)cc3)c3cccs3)sc2n1. The van der Waals surface area contributed by atoms with Crippen LogP contribution in [0.15, 0.2) is 41.8 Å².